The van der Waals surface area contributed by atoms with E-state index in [1.54, 1.807) is 6.07 Å². The summed E-state index contributed by atoms with van der Waals surface area (Å²) in [6.45, 7) is 3.26. The molecule has 0 unspecified atom stereocenters. The maximum atomic E-state index is 12.2. The van der Waals surface area contributed by atoms with E-state index in [9.17, 15) is 19.7 Å². The molecule has 136 valence electrons. The van der Waals surface area contributed by atoms with Crippen molar-refractivity contribution in [3.63, 3.8) is 0 Å². The van der Waals surface area contributed by atoms with Crippen LogP contribution in [0.15, 0.2) is 36.4 Å². The number of hydrogen-bond donors (Lipinski definition) is 1. The lowest BCUT2D eigenvalue weighted by Gasteiger charge is -2.11. The van der Waals surface area contributed by atoms with Gasteiger partial charge in [-0.05, 0) is 31.5 Å². The number of ether oxygens (including phenoxy) is 2. The molecule has 2 aromatic rings. The van der Waals surface area contributed by atoms with E-state index in [-0.39, 0.29) is 17.0 Å². The molecule has 0 aliphatic heterocycles. The smallest absolute Gasteiger partial charge is 0.342 e. The van der Waals surface area contributed by atoms with E-state index in [2.05, 4.69) is 5.32 Å². The molecule has 0 aromatic heterocycles. The summed E-state index contributed by atoms with van der Waals surface area (Å²) in [5.74, 6) is -1.29. The molecular weight excluding hydrogens is 340 g/mol. The molecule has 8 heteroatoms. The summed E-state index contributed by atoms with van der Waals surface area (Å²) in [7, 11) is 1.32. The predicted octanol–water partition coefficient (Wildman–Crippen LogP) is 3.02. The lowest BCUT2D eigenvalue weighted by Crippen LogP contribution is -2.21. The first kappa shape index (κ1) is 18.9. The largest absolute Gasteiger partial charge is 0.496 e. The number of nitrogens with zero attached hydrogens (tertiary/aromatic N) is 1. The van der Waals surface area contributed by atoms with Crippen LogP contribution in [0.25, 0.3) is 0 Å². The topological polar surface area (TPSA) is 108 Å². The third kappa shape index (κ3) is 4.56. The van der Waals surface area contributed by atoms with Crippen molar-refractivity contribution in [2.75, 3.05) is 19.0 Å². The van der Waals surface area contributed by atoms with Crippen LogP contribution in [0.3, 0.4) is 0 Å². The lowest BCUT2D eigenvalue weighted by atomic mass is 10.1. The number of nitro groups is 1. The van der Waals surface area contributed by atoms with Crippen molar-refractivity contribution < 1.29 is 24.0 Å². The molecule has 26 heavy (non-hydrogen) atoms. The van der Waals surface area contributed by atoms with Crippen LogP contribution in [-0.2, 0) is 9.53 Å². The minimum Gasteiger partial charge on any atom is -0.496 e. The van der Waals surface area contributed by atoms with Crippen LogP contribution in [0.2, 0.25) is 0 Å². The first-order valence-corrected chi connectivity index (χ1v) is 7.68. The first-order valence-electron chi connectivity index (χ1n) is 7.68. The average molecular weight is 358 g/mol. The Labute approximate surface area is 149 Å². The number of benzene rings is 2. The predicted molar refractivity (Wildman–Crippen MR) is 94.5 cm³/mol. The number of hydrogen-bond acceptors (Lipinski definition) is 6. The van der Waals surface area contributed by atoms with Crippen LogP contribution in [0.5, 0.6) is 5.75 Å². The second-order valence-electron chi connectivity index (χ2n) is 5.58. The number of anilines is 1. The summed E-state index contributed by atoms with van der Waals surface area (Å²) in [5.41, 5.74) is 2.15. The third-order valence-electron chi connectivity index (χ3n) is 3.60. The second-order valence-corrected chi connectivity index (χ2v) is 5.58. The maximum absolute atomic E-state index is 12.2. The van der Waals surface area contributed by atoms with Crippen molar-refractivity contribution in [1.82, 2.24) is 0 Å². The van der Waals surface area contributed by atoms with Crippen molar-refractivity contribution in [2.45, 2.75) is 13.8 Å². The van der Waals surface area contributed by atoms with E-state index in [4.69, 9.17) is 9.47 Å². The Morgan fingerprint density at radius 2 is 1.88 bits per heavy atom. The molecule has 0 aliphatic carbocycles. The molecule has 0 heterocycles. The van der Waals surface area contributed by atoms with Gasteiger partial charge in [-0.3, -0.25) is 14.9 Å². The highest BCUT2D eigenvalue weighted by Gasteiger charge is 2.19. The number of aryl methyl sites for hydroxylation is 2. The zero-order valence-corrected chi connectivity index (χ0v) is 14.6. The summed E-state index contributed by atoms with van der Waals surface area (Å²) >= 11 is 0. The standard InChI is InChI=1S/C18H18N2O6/c1-11-4-6-15(12(2)8-11)19-17(21)10-26-18(22)14-9-13(20(23)24)5-7-16(14)25-3/h4-9H,10H2,1-3H3,(H,19,21). The molecule has 0 saturated carbocycles. The van der Waals surface area contributed by atoms with Crippen molar-refractivity contribution in [1.29, 1.82) is 0 Å². The molecule has 0 atom stereocenters. The van der Waals surface area contributed by atoms with Crippen molar-refractivity contribution >= 4 is 23.3 Å². The summed E-state index contributed by atoms with van der Waals surface area (Å²) in [6, 6.07) is 9.07. The summed E-state index contributed by atoms with van der Waals surface area (Å²) in [5, 5.41) is 13.5. The minimum absolute atomic E-state index is 0.121. The Bertz CT molecular complexity index is 863. The molecule has 1 N–H and O–H groups in total. The maximum Gasteiger partial charge on any atom is 0.342 e. The number of non-ortho nitro benzene ring substituents is 1. The van der Waals surface area contributed by atoms with Gasteiger partial charge in [0.15, 0.2) is 6.61 Å². The number of carbonyl (C=O) groups excluding carboxylic acids is 2. The van der Waals surface area contributed by atoms with E-state index >= 15 is 0 Å². The highest BCUT2D eigenvalue weighted by molar-refractivity contribution is 5.97. The van der Waals surface area contributed by atoms with Crippen molar-refractivity contribution in [2.24, 2.45) is 0 Å². The Morgan fingerprint density at radius 3 is 2.50 bits per heavy atom. The third-order valence-corrected chi connectivity index (χ3v) is 3.60. The number of nitrogens with one attached hydrogen (secondary N) is 1. The number of nitro benzene ring substituents is 1. The molecule has 0 radical (unpaired) electrons. The zero-order chi connectivity index (χ0) is 19.3. The Kier molecular flexibility index (Phi) is 5.90. The summed E-state index contributed by atoms with van der Waals surface area (Å²) in [4.78, 5) is 34.4. The number of esters is 1. The van der Waals surface area contributed by atoms with E-state index in [0.29, 0.717) is 5.69 Å². The first-order chi connectivity index (χ1) is 12.3. The molecule has 0 bridgehead atoms. The van der Waals surface area contributed by atoms with E-state index in [1.165, 1.54) is 19.2 Å². The molecule has 0 aliphatic rings. The minimum atomic E-state index is -0.888. The average Bonchev–Trinajstić information content (AvgIpc) is 2.61. The number of carbonyl (C=O) groups is 2. The quantitative estimate of drug-likeness (QED) is 0.483. The highest BCUT2D eigenvalue weighted by atomic mass is 16.6. The highest BCUT2D eigenvalue weighted by Crippen LogP contribution is 2.24. The lowest BCUT2D eigenvalue weighted by molar-refractivity contribution is -0.384. The number of rotatable bonds is 6. The normalized spacial score (nSPS) is 10.1. The van der Waals surface area contributed by atoms with Gasteiger partial charge in [0.25, 0.3) is 11.6 Å². The zero-order valence-electron chi connectivity index (χ0n) is 14.6. The fraction of sp³-hybridized carbons (Fsp3) is 0.222. The molecular formula is C18H18N2O6. The van der Waals surface area contributed by atoms with Gasteiger partial charge in [-0.25, -0.2) is 4.79 Å². The molecule has 1 amide bonds. The molecule has 0 fully saturated rings. The summed E-state index contributed by atoms with van der Waals surface area (Å²) in [6.07, 6.45) is 0. The van der Waals surface area contributed by atoms with Crippen LogP contribution >= 0.6 is 0 Å². The second kappa shape index (κ2) is 8.11. The van der Waals surface area contributed by atoms with Gasteiger partial charge in [-0.1, -0.05) is 17.7 Å². The van der Waals surface area contributed by atoms with Gasteiger partial charge >= 0.3 is 5.97 Å². The van der Waals surface area contributed by atoms with Crippen LogP contribution < -0.4 is 10.1 Å². The van der Waals surface area contributed by atoms with Gasteiger partial charge in [-0.2, -0.15) is 0 Å². The monoisotopic (exact) mass is 358 g/mol. The van der Waals surface area contributed by atoms with Crippen molar-refractivity contribution in [3.8, 4) is 5.75 Å². The van der Waals surface area contributed by atoms with Gasteiger partial charge < -0.3 is 14.8 Å². The van der Waals surface area contributed by atoms with Gasteiger partial charge in [0.05, 0.1) is 12.0 Å². The van der Waals surface area contributed by atoms with Gasteiger partial charge in [-0.15, -0.1) is 0 Å². The van der Waals surface area contributed by atoms with Gasteiger partial charge in [0.2, 0.25) is 0 Å². The van der Waals surface area contributed by atoms with Crippen LogP contribution in [0, 0.1) is 24.0 Å². The summed E-state index contributed by atoms with van der Waals surface area (Å²) < 4.78 is 9.96. The van der Waals surface area contributed by atoms with E-state index < -0.39 is 23.4 Å². The molecule has 2 aromatic carbocycles. The molecule has 2 rings (SSSR count). The molecule has 0 saturated heterocycles. The molecule has 0 spiro atoms. The fourth-order valence-corrected chi connectivity index (χ4v) is 2.32. The number of methoxy groups -OCH3 is 1. The number of amides is 1. The Balaban J connectivity index is 2.05. The Hall–Kier alpha value is -3.42. The van der Waals surface area contributed by atoms with Gasteiger partial charge in [0, 0.05) is 17.8 Å². The van der Waals surface area contributed by atoms with Crippen LogP contribution in [0.1, 0.15) is 21.5 Å². The molecule has 8 nitrogen and oxygen atoms in total. The fourth-order valence-electron chi connectivity index (χ4n) is 2.32. The van der Waals surface area contributed by atoms with Crippen LogP contribution in [0.4, 0.5) is 11.4 Å². The SMILES string of the molecule is COc1ccc([N+](=O)[O-])cc1C(=O)OCC(=O)Nc1ccc(C)cc1C. The Morgan fingerprint density at radius 1 is 1.15 bits per heavy atom. The van der Waals surface area contributed by atoms with Crippen LogP contribution in [-0.4, -0.2) is 30.5 Å². The van der Waals surface area contributed by atoms with E-state index in [1.807, 2.05) is 26.0 Å². The van der Waals surface area contributed by atoms with E-state index in [0.717, 1.165) is 17.2 Å². The van der Waals surface area contributed by atoms with Crippen molar-refractivity contribution in [3.05, 3.63) is 63.2 Å². The van der Waals surface area contributed by atoms with Gasteiger partial charge in [0.1, 0.15) is 11.3 Å².